The third-order valence-electron chi connectivity index (χ3n) is 3.85. The standard InChI is InChI=1S/C15H32N2/c1-4-7-12-17(15-10-11-15)13-8-9-14(5-2)16-6-3/h14-16H,4-13H2,1-3H3. The molecule has 0 heterocycles. The molecule has 1 fully saturated rings. The van der Waals surface area contributed by atoms with Gasteiger partial charge in [0.2, 0.25) is 0 Å². The normalized spacial score (nSPS) is 17.6. The maximum atomic E-state index is 3.58. The predicted octanol–water partition coefficient (Wildman–Crippen LogP) is 3.42. The van der Waals surface area contributed by atoms with Crippen molar-refractivity contribution in [1.82, 2.24) is 10.2 Å². The van der Waals surface area contributed by atoms with Crippen molar-refractivity contribution < 1.29 is 0 Å². The fourth-order valence-electron chi connectivity index (χ4n) is 2.56. The van der Waals surface area contributed by atoms with Gasteiger partial charge in [0.1, 0.15) is 0 Å². The van der Waals surface area contributed by atoms with E-state index in [1.165, 1.54) is 58.0 Å². The molecule has 0 amide bonds. The molecule has 1 rings (SSSR count). The summed E-state index contributed by atoms with van der Waals surface area (Å²) in [5.41, 5.74) is 0. The summed E-state index contributed by atoms with van der Waals surface area (Å²) in [5, 5.41) is 3.58. The first-order chi connectivity index (χ1) is 8.31. The zero-order valence-corrected chi connectivity index (χ0v) is 12.2. The smallest absolute Gasteiger partial charge is 0.00964 e. The lowest BCUT2D eigenvalue weighted by Crippen LogP contribution is -2.32. The Bertz CT molecular complexity index is 178. The van der Waals surface area contributed by atoms with Crippen molar-refractivity contribution in [3.05, 3.63) is 0 Å². The summed E-state index contributed by atoms with van der Waals surface area (Å²) < 4.78 is 0. The quantitative estimate of drug-likeness (QED) is 0.595. The molecule has 0 aliphatic heterocycles. The minimum absolute atomic E-state index is 0.743. The fourth-order valence-corrected chi connectivity index (χ4v) is 2.56. The van der Waals surface area contributed by atoms with Crippen LogP contribution in [0.2, 0.25) is 0 Å². The summed E-state index contributed by atoms with van der Waals surface area (Å²) in [7, 11) is 0. The molecule has 0 spiro atoms. The lowest BCUT2D eigenvalue weighted by Gasteiger charge is -2.23. The number of nitrogens with zero attached hydrogens (tertiary/aromatic N) is 1. The fraction of sp³-hybridized carbons (Fsp3) is 1.00. The van der Waals surface area contributed by atoms with Crippen molar-refractivity contribution in [3.8, 4) is 0 Å². The molecule has 0 aromatic rings. The van der Waals surface area contributed by atoms with Crippen LogP contribution in [0.5, 0.6) is 0 Å². The Balaban J connectivity index is 2.12. The molecule has 0 aromatic carbocycles. The molecule has 17 heavy (non-hydrogen) atoms. The number of unbranched alkanes of at least 4 members (excludes halogenated alkanes) is 1. The topological polar surface area (TPSA) is 15.3 Å². The summed E-state index contributed by atoms with van der Waals surface area (Å²) in [5.74, 6) is 0. The molecule has 1 atom stereocenters. The number of hydrogen-bond acceptors (Lipinski definition) is 2. The number of hydrogen-bond donors (Lipinski definition) is 1. The van der Waals surface area contributed by atoms with Crippen LogP contribution in [0.25, 0.3) is 0 Å². The molecule has 0 bridgehead atoms. The van der Waals surface area contributed by atoms with Crippen LogP contribution in [0.4, 0.5) is 0 Å². The first kappa shape index (κ1) is 15.0. The molecule has 2 heteroatoms. The Labute approximate surface area is 108 Å². The molecule has 102 valence electrons. The summed E-state index contributed by atoms with van der Waals surface area (Å²) in [6.45, 7) is 10.6. The summed E-state index contributed by atoms with van der Waals surface area (Å²) in [4.78, 5) is 2.74. The van der Waals surface area contributed by atoms with Gasteiger partial charge in [-0.2, -0.15) is 0 Å². The largest absolute Gasteiger partial charge is 0.314 e. The van der Waals surface area contributed by atoms with E-state index in [2.05, 4.69) is 31.0 Å². The van der Waals surface area contributed by atoms with Gasteiger partial charge in [0, 0.05) is 12.1 Å². The van der Waals surface area contributed by atoms with E-state index >= 15 is 0 Å². The third kappa shape index (κ3) is 6.42. The van der Waals surface area contributed by atoms with Gasteiger partial charge in [-0.1, -0.05) is 27.2 Å². The van der Waals surface area contributed by atoms with Crippen molar-refractivity contribution in [1.29, 1.82) is 0 Å². The SMILES string of the molecule is CCCCN(CCCC(CC)NCC)C1CC1. The van der Waals surface area contributed by atoms with Crippen LogP contribution in [-0.2, 0) is 0 Å². The van der Waals surface area contributed by atoms with E-state index in [1.807, 2.05) is 0 Å². The monoisotopic (exact) mass is 240 g/mol. The van der Waals surface area contributed by atoms with E-state index in [1.54, 1.807) is 0 Å². The highest BCUT2D eigenvalue weighted by Crippen LogP contribution is 2.27. The molecule has 1 saturated carbocycles. The zero-order chi connectivity index (χ0) is 12.5. The van der Waals surface area contributed by atoms with Gasteiger partial charge in [-0.3, -0.25) is 0 Å². The molecule has 1 aliphatic rings. The Morgan fingerprint density at radius 2 is 1.82 bits per heavy atom. The van der Waals surface area contributed by atoms with Crippen molar-refractivity contribution in [2.75, 3.05) is 19.6 Å². The highest BCUT2D eigenvalue weighted by molar-refractivity contribution is 4.84. The first-order valence-corrected chi connectivity index (χ1v) is 7.79. The summed E-state index contributed by atoms with van der Waals surface area (Å²) in [6, 6.07) is 1.69. The van der Waals surface area contributed by atoms with Crippen LogP contribution >= 0.6 is 0 Å². The molecular formula is C15H32N2. The maximum absolute atomic E-state index is 3.58. The van der Waals surface area contributed by atoms with E-state index in [9.17, 15) is 0 Å². The molecule has 0 radical (unpaired) electrons. The van der Waals surface area contributed by atoms with Crippen molar-refractivity contribution in [3.63, 3.8) is 0 Å². The van der Waals surface area contributed by atoms with Crippen LogP contribution in [0.3, 0.4) is 0 Å². The highest BCUT2D eigenvalue weighted by Gasteiger charge is 2.27. The predicted molar refractivity (Wildman–Crippen MR) is 76.5 cm³/mol. The van der Waals surface area contributed by atoms with Gasteiger partial charge in [0.05, 0.1) is 0 Å². The maximum Gasteiger partial charge on any atom is 0.00964 e. The second-order valence-corrected chi connectivity index (χ2v) is 5.43. The van der Waals surface area contributed by atoms with Crippen LogP contribution in [0.15, 0.2) is 0 Å². The van der Waals surface area contributed by atoms with Crippen LogP contribution in [0.1, 0.15) is 65.7 Å². The van der Waals surface area contributed by atoms with Crippen LogP contribution in [0, 0.1) is 0 Å². The van der Waals surface area contributed by atoms with Crippen LogP contribution in [-0.4, -0.2) is 36.6 Å². The van der Waals surface area contributed by atoms with E-state index in [0.29, 0.717) is 0 Å². The van der Waals surface area contributed by atoms with Gasteiger partial charge >= 0.3 is 0 Å². The van der Waals surface area contributed by atoms with E-state index in [4.69, 9.17) is 0 Å². The summed E-state index contributed by atoms with van der Waals surface area (Å²) >= 11 is 0. The molecule has 1 aliphatic carbocycles. The second-order valence-electron chi connectivity index (χ2n) is 5.43. The molecule has 0 aromatic heterocycles. The van der Waals surface area contributed by atoms with Gasteiger partial charge in [-0.05, 0) is 58.2 Å². The minimum atomic E-state index is 0.743. The average molecular weight is 240 g/mol. The molecular weight excluding hydrogens is 208 g/mol. The second kappa shape index (κ2) is 8.93. The van der Waals surface area contributed by atoms with E-state index in [-0.39, 0.29) is 0 Å². The van der Waals surface area contributed by atoms with Crippen molar-refractivity contribution in [2.45, 2.75) is 77.8 Å². The summed E-state index contributed by atoms with van der Waals surface area (Å²) in [6.07, 6.45) is 9.60. The van der Waals surface area contributed by atoms with E-state index in [0.717, 1.165) is 18.6 Å². The zero-order valence-electron chi connectivity index (χ0n) is 12.2. The van der Waals surface area contributed by atoms with Crippen molar-refractivity contribution in [2.24, 2.45) is 0 Å². The number of nitrogens with one attached hydrogen (secondary N) is 1. The molecule has 2 nitrogen and oxygen atoms in total. The highest BCUT2D eigenvalue weighted by atomic mass is 15.2. The van der Waals surface area contributed by atoms with Gasteiger partial charge < -0.3 is 10.2 Å². The Hall–Kier alpha value is -0.0800. The van der Waals surface area contributed by atoms with E-state index < -0.39 is 0 Å². The molecule has 0 saturated heterocycles. The van der Waals surface area contributed by atoms with Gasteiger partial charge in [-0.25, -0.2) is 0 Å². The first-order valence-electron chi connectivity index (χ1n) is 7.79. The third-order valence-corrected chi connectivity index (χ3v) is 3.85. The van der Waals surface area contributed by atoms with Crippen molar-refractivity contribution >= 4 is 0 Å². The van der Waals surface area contributed by atoms with Gasteiger partial charge in [0.15, 0.2) is 0 Å². The van der Waals surface area contributed by atoms with Gasteiger partial charge in [-0.15, -0.1) is 0 Å². The Morgan fingerprint density at radius 1 is 1.12 bits per heavy atom. The number of rotatable bonds is 11. The van der Waals surface area contributed by atoms with Gasteiger partial charge in [0.25, 0.3) is 0 Å². The minimum Gasteiger partial charge on any atom is -0.314 e. The lowest BCUT2D eigenvalue weighted by molar-refractivity contribution is 0.248. The Kier molecular flexibility index (Phi) is 7.87. The lowest BCUT2D eigenvalue weighted by atomic mass is 10.1. The van der Waals surface area contributed by atoms with Crippen LogP contribution < -0.4 is 5.32 Å². The Morgan fingerprint density at radius 3 is 2.35 bits per heavy atom. The molecule has 1 unspecified atom stereocenters. The molecule has 1 N–H and O–H groups in total. The average Bonchev–Trinajstić information content (AvgIpc) is 3.16.